The minimum Gasteiger partial charge on any atom is -0.469 e. The van der Waals surface area contributed by atoms with E-state index in [0.717, 1.165) is 6.42 Å². The largest absolute Gasteiger partial charge is 0.469 e. The Balaban J connectivity index is 0.000000791. The van der Waals surface area contributed by atoms with Crippen molar-refractivity contribution in [1.29, 1.82) is 0 Å². The van der Waals surface area contributed by atoms with Gasteiger partial charge < -0.3 is 4.74 Å². The fourth-order valence-electron chi connectivity index (χ4n) is 0.993. The zero-order valence-electron chi connectivity index (χ0n) is 8.50. The molecule has 0 aliphatic rings. The normalized spacial score (nSPS) is 8.50. The molecule has 3 heteroatoms. The molecule has 1 aromatic rings. The average molecular weight is 215 g/mol. The molecule has 0 saturated heterocycles. The van der Waals surface area contributed by atoms with Crippen LogP contribution >= 0.6 is 11.6 Å². The van der Waals surface area contributed by atoms with Crippen LogP contribution in [0.15, 0.2) is 30.3 Å². The van der Waals surface area contributed by atoms with Gasteiger partial charge in [0.25, 0.3) is 0 Å². The Morgan fingerprint density at radius 3 is 2.36 bits per heavy atom. The third-order valence-corrected chi connectivity index (χ3v) is 1.69. The van der Waals surface area contributed by atoms with Crippen molar-refractivity contribution in [2.45, 2.75) is 12.8 Å². The number of rotatable bonds is 3. The molecule has 14 heavy (non-hydrogen) atoms. The molecular weight excluding hydrogens is 200 g/mol. The number of alkyl halides is 1. The van der Waals surface area contributed by atoms with Gasteiger partial charge in [0.2, 0.25) is 0 Å². The van der Waals surface area contributed by atoms with Crippen LogP contribution in [-0.4, -0.2) is 19.5 Å². The Morgan fingerprint density at radius 2 is 1.86 bits per heavy atom. The van der Waals surface area contributed by atoms with Crippen molar-refractivity contribution >= 4 is 17.6 Å². The lowest BCUT2D eigenvalue weighted by Crippen LogP contribution is -2.01. The van der Waals surface area contributed by atoms with Gasteiger partial charge in [-0.3, -0.25) is 4.79 Å². The summed E-state index contributed by atoms with van der Waals surface area (Å²) in [6.07, 6.45) is 2.69. The summed E-state index contributed by atoms with van der Waals surface area (Å²) in [5, 5.41) is 0. The molecule has 0 aliphatic heterocycles. The number of carbonyl (C=O) groups excluding carboxylic acids is 1. The molecule has 0 aliphatic carbocycles. The monoisotopic (exact) mass is 214 g/mol. The van der Waals surface area contributed by atoms with E-state index in [2.05, 4.69) is 16.3 Å². The Labute approximate surface area is 89.8 Å². The molecule has 0 N–H and O–H groups in total. The van der Waals surface area contributed by atoms with Gasteiger partial charge in [0, 0.05) is 12.8 Å². The second kappa shape index (κ2) is 8.57. The Morgan fingerprint density at radius 1 is 1.29 bits per heavy atom. The average Bonchev–Trinajstić information content (AvgIpc) is 2.30. The second-order valence-corrected chi connectivity index (χ2v) is 2.56. The highest BCUT2D eigenvalue weighted by Gasteiger charge is 1.99. The summed E-state index contributed by atoms with van der Waals surface area (Å²) in [7, 11) is 1.41. The highest BCUT2D eigenvalue weighted by molar-refractivity contribution is 6.15. The van der Waals surface area contributed by atoms with E-state index in [0.29, 0.717) is 6.42 Å². The van der Waals surface area contributed by atoms with Gasteiger partial charge in [0.1, 0.15) is 0 Å². The fourth-order valence-corrected chi connectivity index (χ4v) is 0.993. The molecular formula is C11H15ClO2. The SMILES string of the molecule is CCl.COC(=O)CCc1ccccc1. The van der Waals surface area contributed by atoms with E-state index in [4.69, 9.17) is 0 Å². The first-order valence-electron chi connectivity index (χ1n) is 4.31. The van der Waals surface area contributed by atoms with E-state index < -0.39 is 0 Å². The van der Waals surface area contributed by atoms with Crippen LogP contribution in [0.3, 0.4) is 0 Å². The van der Waals surface area contributed by atoms with Crippen LogP contribution in [0.2, 0.25) is 0 Å². The third-order valence-electron chi connectivity index (χ3n) is 1.69. The van der Waals surface area contributed by atoms with E-state index in [-0.39, 0.29) is 5.97 Å². The molecule has 0 bridgehead atoms. The predicted molar refractivity (Wildman–Crippen MR) is 58.6 cm³/mol. The van der Waals surface area contributed by atoms with Gasteiger partial charge >= 0.3 is 5.97 Å². The van der Waals surface area contributed by atoms with Gasteiger partial charge in [-0.1, -0.05) is 30.3 Å². The lowest BCUT2D eigenvalue weighted by molar-refractivity contribution is -0.140. The lowest BCUT2D eigenvalue weighted by atomic mass is 10.1. The van der Waals surface area contributed by atoms with Crippen LogP contribution < -0.4 is 0 Å². The van der Waals surface area contributed by atoms with Crippen LogP contribution in [0.1, 0.15) is 12.0 Å². The van der Waals surface area contributed by atoms with Crippen LogP contribution in [0, 0.1) is 0 Å². The van der Waals surface area contributed by atoms with Gasteiger partial charge in [0.15, 0.2) is 0 Å². The zero-order chi connectivity index (χ0) is 10.8. The van der Waals surface area contributed by atoms with Crippen molar-refractivity contribution in [3.8, 4) is 0 Å². The smallest absolute Gasteiger partial charge is 0.305 e. The topological polar surface area (TPSA) is 26.3 Å². The van der Waals surface area contributed by atoms with Crippen molar-refractivity contribution < 1.29 is 9.53 Å². The van der Waals surface area contributed by atoms with E-state index in [1.54, 1.807) is 0 Å². The fraction of sp³-hybridized carbons (Fsp3) is 0.364. The van der Waals surface area contributed by atoms with E-state index in [1.807, 2.05) is 30.3 Å². The molecule has 0 heterocycles. The van der Waals surface area contributed by atoms with Gasteiger partial charge in [-0.2, -0.15) is 0 Å². The van der Waals surface area contributed by atoms with Crippen molar-refractivity contribution in [2.75, 3.05) is 13.5 Å². The Hall–Kier alpha value is -1.02. The number of benzene rings is 1. The number of esters is 1. The van der Waals surface area contributed by atoms with E-state index in [9.17, 15) is 4.79 Å². The predicted octanol–water partition coefficient (Wildman–Crippen LogP) is 2.65. The van der Waals surface area contributed by atoms with Gasteiger partial charge in [-0.25, -0.2) is 0 Å². The molecule has 0 saturated carbocycles. The summed E-state index contributed by atoms with van der Waals surface area (Å²) >= 11 is 4.64. The van der Waals surface area contributed by atoms with E-state index in [1.165, 1.54) is 19.1 Å². The number of halogens is 1. The first-order valence-corrected chi connectivity index (χ1v) is 5.07. The minimum absolute atomic E-state index is 0.154. The number of aryl methyl sites for hydroxylation is 1. The van der Waals surface area contributed by atoms with Crippen molar-refractivity contribution in [3.05, 3.63) is 35.9 Å². The zero-order valence-corrected chi connectivity index (χ0v) is 9.25. The number of ether oxygens (including phenoxy) is 1. The minimum atomic E-state index is -0.154. The molecule has 0 fully saturated rings. The standard InChI is InChI=1S/C10H12O2.CH3Cl/c1-12-10(11)8-7-9-5-3-2-4-6-9;1-2/h2-6H,7-8H2,1H3;1H3. The Kier molecular flexibility index (Phi) is 7.95. The molecule has 1 rings (SSSR count). The van der Waals surface area contributed by atoms with Crippen LogP contribution in [0.4, 0.5) is 0 Å². The number of hydrogen-bond donors (Lipinski definition) is 0. The summed E-state index contributed by atoms with van der Waals surface area (Å²) in [6, 6.07) is 9.90. The highest BCUT2D eigenvalue weighted by atomic mass is 35.5. The summed E-state index contributed by atoms with van der Waals surface area (Å²) in [5.74, 6) is -0.154. The maximum Gasteiger partial charge on any atom is 0.305 e. The summed E-state index contributed by atoms with van der Waals surface area (Å²) in [6.45, 7) is 0. The van der Waals surface area contributed by atoms with Crippen LogP contribution in [0.5, 0.6) is 0 Å². The number of carbonyl (C=O) groups is 1. The molecule has 78 valence electrons. The molecule has 2 nitrogen and oxygen atoms in total. The summed E-state index contributed by atoms with van der Waals surface area (Å²) in [5.41, 5.74) is 1.17. The molecule has 0 amide bonds. The summed E-state index contributed by atoms with van der Waals surface area (Å²) in [4.78, 5) is 10.8. The third kappa shape index (κ3) is 5.60. The van der Waals surface area contributed by atoms with Crippen molar-refractivity contribution in [3.63, 3.8) is 0 Å². The molecule has 0 atom stereocenters. The first-order chi connectivity index (χ1) is 6.83. The molecule has 1 aromatic carbocycles. The first kappa shape index (κ1) is 13.0. The molecule has 0 unspecified atom stereocenters. The van der Waals surface area contributed by atoms with Crippen LogP contribution in [-0.2, 0) is 16.0 Å². The molecule has 0 aromatic heterocycles. The van der Waals surface area contributed by atoms with Crippen molar-refractivity contribution in [1.82, 2.24) is 0 Å². The van der Waals surface area contributed by atoms with Crippen LogP contribution in [0.25, 0.3) is 0 Å². The van der Waals surface area contributed by atoms with Gasteiger partial charge in [-0.05, 0) is 12.0 Å². The highest BCUT2D eigenvalue weighted by Crippen LogP contribution is 2.02. The van der Waals surface area contributed by atoms with E-state index >= 15 is 0 Å². The lowest BCUT2D eigenvalue weighted by Gasteiger charge is -1.98. The summed E-state index contributed by atoms with van der Waals surface area (Å²) < 4.78 is 4.53. The van der Waals surface area contributed by atoms with Gasteiger partial charge in [0.05, 0.1) is 7.11 Å². The van der Waals surface area contributed by atoms with Gasteiger partial charge in [-0.15, -0.1) is 11.6 Å². The number of methoxy groups -OCH3 is 1. The van der Waals surface area contributed by atoms with Crippen molar-refractivity contribution in [2.24, 2.45) is 0 Å². The second-order valence-electron chi connectivity index (χ2n) is 2.56. The number of hydrogen-bond acceptors (Lipinski definition) is 2. The molecule has 0 spiro atoms. The maximum absolute atomic E-state index is 10.8. The Bertz CT molecular complexity index is 247. The maximum atomic E-state index is 10.8. The quantitative estimate of drug-likeness (QED) is 0.571. The molecule has 0 radical (unpaired) electrons.